The minimum absolute atomic E-state index is 0.0755. The minimum atomic E-state index is -0.189. The van der Waals surface area contributed by atoms with Gasteiger partial charge in [0.2, 0.25) is 0 Å². The molecule has 0 bridgehead atoms. The summed E-state index contributed by atoms with van der Waals surface area (Å²) in [6.07, 6.45) is 3.70. The number of hydrogen-bond acceptors (Lipinski definition) is 3. The number of para-hydroxylation sites is 1. The fourth-order valence-corrected chi connectivity index (χ4v) is 2.98. The van der Waals surface area contributed by atoms with Crippen LogP contribution in [-0.2, 0) is 5.54 Å². The fraction of sp³-hybridized carbons (Fsp3) is 0.474. The van der Waals surface area contributed by atoms with Gasteiger partial charge in [-0.15, -0.1) is 0 Å². The van der Waals surface area contributed by atoms with Crippen molar-refractivity contribution >= 4 is 11.6 Å². The van der Waals surface area contributed by atoms with Gasteiger partial charge in [-0.1, -0.05) is 26.0 Å². The zero-order chi connectivity index (χ0) is 17.5. The molecular weight excluding hydrogens is 300 g/mol. The summed E-state index contributed by atoms with van der Waals surface area (Å²) in [7, 11) is 0. The van der Waals surface area contributed by atoms with Crippen LogP contribution in [0, 0.1) is 5.92 Å². The Balaban J connectivity index is 2.01. The van der Waals surface area contributed by atoms with E-state index in [1.165, 1.54) is 0 Å². The predicted octanol–water partition coefficient (Wildman–Crippen LogP) is 3.86. The van der Waals surface area contributed by atoms with Crippen molar-refractivity contribution in [2.45, 2.75) is 46.3 Å². The number of carbonyl (C=O) groups excluding carboxylic acids is 1. The van der Waals surface area contributed by atoms with Crippen LogP contribution in [0.3, 0.4) is 0 Å². The first kappa shape index (κ1) is 16.6. The highest BCUT2D eigenvalue weighted by Gasteiger charge is 2.34. The highest BCUT2D eigenvalue weighted by Crippen LogP contribution is 2.33. The summed E-state index contributed by atoms with van der Waals surface area (Å²) >= 11 is 0. The number of aromatic nitrogens is 2. The first-order chi connectivity index (χ1) is 11.3. The van der Waals surface area contributed by atoms with Gasteiger partial charge in [0.05, 0.1) is 17.3 Å². The van der Waals surface area contributed by atoms with Crippen molar-refractivity contribution in [3.63, 3.8) is 0 Å². The lowest BCUT2D eigenvalue weighted by molar-refractivity contribution is 0.0657. The van der Waals surface area contributed by atoms with Gasteiger partial charge in [-0.3, -0.25) is 9.48 Å². The van der Waals surface area contributed by atoms with E-state index in [9.17, 15) is 4.79 Å². The first-order valence-corrected chi connectivity index (χ1v) is 8.49. The molecule has 1 amide bonds. The van der Waals surface area contributed by atoms with Gasteiger partial charge >= 0.3 is 0 Å². The lowest BCUT2D eigenvalue weighted by Crippen LogP contribution is -2.44. The Hall–Kier alpha value is -2.30. The zero-order valence-corrected chi connectivity index (χ0v) is 15.1. The minimum Gasteiger partial charge on any atom is -0.361 e. The van der Waals surface area contributed by atoms with Crippen LogP contribution >= 0.6 is 0 Å². The van der Waals surface area contributed by atoms with E-state index >= 15 is 0 Å². The number of carbonyl (C=O) groups is 1. The van der Waals surface area contributed by atoms with Gasteiger partial charge in [-0.25, -0.2) is 0 Å². The van der Waals surface area contributed by atoms with Crippen molar-refractivity contribution in [1.82, 2.24) is 14.7 Å². The van der Waals surface area contributed by atoms with Gasteiger partial charge in [0, 0.05) is 24.0 Å². The van der Waals surface area contributed by atoms with Crippen molar-refractivity contribution in [3.8, 4) is 0 Å². The van der Waals surface area contributed by atoms with E-state index in [1.807, 2.05) is 46.2 Å². The van der Waals surface area contributed by atoms with Crippen molar-refractivity contribution in [2.75, 3.05) is 11.9 Å². The molecule has 24 heavy (non-hydrogen) atoms. The number of anilines is 1. The number of benzene rings is 1. The Morgan fingerprint density at radius 1 is 1.25 bits per heavy atom. The quantitative estimate of drug-likeness (QED) is 0.932. The van der Waals surface area contributed by atoms with E-state index < -0.39 is 0 Å². The van der Waals surface area contributed by atoms with Crippen LogP contribution in [0.1, 0.15) is 56.7 Å². The maximum absolute atomic E-state index is 13.0. The summed E-state index contributed by atoms with van der Waals surface area (Å²) in [6.45, 7) is 11.3. The molecule has 5 nitrogen and oxygen atoms in total. The summed E-state index contributed by atoms with van der Waals surface area (Å²) in [6, 6.07) is 7.70. The normalized spacial score (nSPS) is 17.8. The molecule has 1 aromatic heterocycles. The van der Waals surface area contributed by atoms with E-state index in [2.05, 4.69) is 45.0 Å². The predicted molar refractivity (Wildman–Crippen MR) is 95.9 cm³/mol. The molecule has 3 rings (SSSR count). The summed E-state index contributed by atoms with van der Waals surface area (Å²) in [5.41, 5.74) is 2.54. The van der Waals surface area contributed by atoms with Crippen LogP contribution in [0.25, 0.3) is 0 Å². The number of fused-ring (bicyclic) bond motifs is 1. The molecule has 1 aliphatic rings. The number of nitrogens with zero attached hydrogens (tertiary/aromatic N) is 3. The van der Waals surface area contributed by atoms with Crippen molar-refractivity contribution in [1.29, 1.82) is 0 Å². The van der Waals surface area contributed by atoms with Crippen LogP contribution < -0.4 is 5.32 Å². The highest BCUT2D eigenvalue weighted by atomic mass is 16.2. The highest BCUT2D eigenvalue weighted by molar-refractivity contribution is 6.01. The Morgan fingerprint density at radius 2 is 1.96 bits per heavy atom. The SMILES string of the molecule is CC(C)CN1C(=O)c2ccccc2NC1c1cnn(C(C)(C)C)c1. The van der Waals surface area contributed by atoms with Crippen LogP contribution in [-0.4, -0.2) is 27.1 Å². The van der Waals surface area contributed by atoms with Gasteiger partial charge in [0.25, 0.3) is 5.91 Å². The summed E-state index contributed by atoms with van der Waals surface area (Å²) in [5.74, 6) is 0.465. The molecule has 1 unspecified atom stereocenters. The molecule has 5 heteroatoms. The van der Waals surface area contributed by atoms with Crippen LogP contribution in [0.15, 0.2) is 36.7 Å². The number of hydrogen-bond donors (Lipinski definition) is 1. The number of amides is 1. The van der Waals surface area contributed by atoms with Gasteiger partial charge in [-0.2, -0.15) is 5.10 Å². The summed E-state index contributed by atoms with van der Waals surface area (Å²) < 4.78 is 1.95. The number of nitrogens with one attached hydrogen (secondary N) is 1. The zero-order valence-electron chi connectivity index (χ0n) is 15.1. The van der Waals surface area contributed by atoms with Gasteiger partial charge in [0.15, 0.2) is 0 Å². The molecule has 0 spiro atoms. The van der Waals surface area contributed by atoms with E-state index in [4.69, 9.17) is 0 Å². The molecular formula is C19H26N4O. The third kappa shape index (κ3) is 3.03. The molecule has 0 saturated carbocycles. The van der Waals surface area contributed by atoms with Crippen molar-refractivity contribution in [2.24, 2.45) is 5.92 Å². The molecule has 0 aliphatic carbocycles. The van der Waals surface area contributed by atoms with Crippen LogP contribution in [0.2, 0.25) is 0 Å². The Labute approximate surface area is 143 Å². The lowest BCUT2D eigenvalue weighted by atomic mass is 10.0. The molecule has 0 saturated heterocycles. The number of rotatable bonds is 3. The monoisotopic (exact) mass is 326 g/mol. The smallest absolute Gasteiger partial charge is 0.257 e. The molecule has 0 fully saturated rings. The molecule has 1 N–H and O–H groups in total. The molecule has 1 atom stereocenters. The summed E-state index contributed by atoms with van der Waals surface area (Å²) in [5, 5.41) is 8.01. The van der Waals surface area contributed by atoms with E-state index in [-0.39, 0.29) is 17.6 Å². The third-order valence-electron chi connectivity index (χ3n) is 4.19. The van der Waals surface area contributed by atoms with Crippen molar-refractivity contribution in [3.05, 3.63) is 47.8 Å². The van der Waals surface area contributed by atoms with Gasteiger partial charge in [0.1, 0.15) is 6.17 Å². The average molecular weight is 326 g/mol. The molecule has 2 heterocycles. The molecule has 1 aliphatic heterocycles. The second kappa shape index (κ2) is 5.96. The standard InChI is InChI=1S/C19H26N4O/c1-13(2)11-22-17(14-10-20-23(12-14)19(3,4)5)21-16-9-7-6-8-15(16)18(22)24/h6-10,12-13,17,21H,11H2,1-5H3. The Kier molecular flexibility index (Phi) is 4.11. The Morgan fingerprint density at radius 3 is 2.58 bits per heavy atom. The van der Waals surface area contributed by atoms with E-state index in [0.29, 0.717) is 12.5 Å². The van der Waals surface area contributed by atoms with Gasteiger partial charge < -0.3 is 10.2 Å². The maximum Gasteiger partial charge on any atom is 0.257 e. The largest absolute Gasteiger partial charge is 0.361 e. The summed E-state index contributed by atoms with van der Waals surface area (Å²) in [4.78, 5) is 14.9. The van der Waals surface area contributed by atoms with Crippen LogP contribution in [0.4, 0.5) is 5.69 Å². The maximum atomic E-state index is 13.0. The average Bonchev–Trinajstić information content (AvgIpc) is 2.99. The lowest BCUT2D eigenvalue weighted by Gasteiger charge is -2.38. The molecule has 1 aromatic carbocycles. The molecule has 0 radical (unpaired) electrons. The first-order valence-electron chi connectivity index (χ1n) is 8.49. The molecule has 2 aromatic rings. The topological polar surface area (TPSA) is 50.2 Å². The molecule has 128 valence electrons. The van der Waals surface area contributed by atoms with Crippen molar-refractivity contribution < 1.29 is 4.79 Å². The van der Waals surface area contributed by atoms with E-state index in [0.717, 1.165) is 16.8 Å². The second-order valence-electron chi connectivity index (χ2n) is 7.83. The van der Waals surface area contributed by atoms with Gasteiger partial charge in [-0.05, 0) is 38.8 Å². The second-order valence-corrected chi connectivity index (χ2v) is 7.83. The van der Waals surface area contributed by atoms with E-state index in [1.54, 1.807) is 0 Å². The third-order valence-corrected chi connectivity index (χ3v) is 4.19. The fourth-order valence-electron chi connectivity index (χ4n) is 2.98. The van der Waals surface area contributed by atoms with Crippen LogP contribution in [0.5, 0.6) is 0 Å². The Bertz CT molecular complexity index is 742.